The van der Waals surface area contributed by atoms with Crippen molar-refractivity contribution in [2.75, 3.05) is 86.3 Å². The number of aldehydes is 1. The van der Waals surface area contributed by atoms with Gasteiger partial charge in [0, 0.05) is 12.1 Å². The van der Waals surface area contributed by atoms with Crippen molar-refractivity contribution in [2.24, 2.45) is 0 Å². The molecule has 8 heteroatoms. The van der Waals surface area contributed by atoms with Crippen molar-refractivity contribution in [3.05, 3.63) is 29.8 Å². The van der Waals surface area contributed by atoms with Crippen molar-refractivity contribution in [1.29, 1.82) is 0 Å². The minimum Gasteiger partial charge on any atom is -0.491 e. The first-order valence-corrected chi connectivity index (χ1v) is 9.58. The number of ether oxygens (including phenoxy) is 6. The summed E-state index contributed by atoms with van der Waals surface area (Å²) in [5.74, 6) is 0.716. The standard InChI is InChI=1S/C20H33NO7/c1-21-6-7-23-8-9-24-10-11-25-12-13-26-14-15-27-16-17-28-20-4-2-19(18-22)3-5-20/h2-5,18,21H,6-17H2,1H3. The van der Waals surface area contributed by atoms with Crippen molar-refractivity contribution in [3.63, 3.8) is 0 Å². The average Bonchev–Trinajstić information content (AvgIpc) is 2.73. The second-order valence-corrected chi connectivity index (χ2v) is 5.70. The molecular weight excluding hydrogens is 366 g/mol. The van der Waals surface area contributed by atoms with Gasteiger partial charge in [-0.15, -0.1) is 0 Å². The van der Waals surface area contributed by atoms with Gasteiger partial charge in [-0.05, 0) is 31.3 Å². The SMILES string of the molecule is CNCCOCCOCCOCCOCCOCCOc1ccc(C=O)cc1. The molecule has 8 nitrogen and oxygen atoms in total. The van der Waals surface area contributed by atoms with Crippen LogP contribution in [0.5, 0.6) is 5.75 Å². The molecule has 0 aromatic heterocycles. The molecule has 1 aromatic carbocycles. The van der Waals surface area contributed by atoms with Gasteiger partial charge in [0.25, 0.3) is 0 Å². The lowest BCUT2D eigenvalue weighted by atomic mass is 10.2. The molecule has 0 fully saturated rings. The highest BCUT2D eigenvalue weighted by molar-refractivity contribution is 5.74. The van der Waals surface area contributed by atoms with E-state index in [0.29, 0.717) is 84.0 Å². The maximum absolute atomic E-state index is 10.6. The highest BCUT2D eigenvalue weighted by atomic mass is 16.6. The molecule has 0 aliphatic rings. The Labute approximate surface area is 167 Å². The Bertz CT molecular complexity index is 470. The van der Waals surface area contributed by atoms with Gasteiger partial charge in [-0.3, -0.25) is 4.79 Å². The van der Waals surface area contributed by atoms with E-state index in [9.17, 15) is 4.79 Å². The highest BCUT2D eigenvalue weighted by Gasteiger charge is 1.96. The van der Waals surface area contributed by atoms with Gasteiger partial charge in [-0.2, -0.15) is 0 Å². The molecular formula is C20H33NO7. The fourth-order valence-corrected chi connectivity index (χ4v) is 2.02. The second kappa shape index (κ2) is 18.8. The van der Waals surface area contributed by atoms with Crippen molar-refractivity contribution >= 4 is 6.29 Å². The number of likely N-dealkylation sites (N-methyl/N-ethyl adjacent to an activating group) is 1. The van der Waals surface area contributed by atoms with E-state index in [1.54, 1.807) is 24.3 Å². The van der Waals surface area contributed by atoms with Crippen molar-refractivity contribution in [1.82, 2.24) is 5.32 Å². The predicted octanol–water partition coefficient (Wildman–Crippen LogP) is 1.18. The Morgan fingerprint density at radius 2 is 1.11 bits per heavy atom. The summed E-state index contributed by atoms with van der Waals surface area (Å²) in [7, 11) is 1.89. The second-order valence-electron chi connectivity index (χ2n) is 5.70. The molecule has 0 aliphatic heterocycles. The summed E-state index contributed by atoms with van der Waals surface area (Å²) in [5.41, 5.74) is 0.627. The normalized spacial score (nSPS) is 10.9. The van der Waals surface area contributed by atoms with Crippen LogP contribution < -0.4 is 10.1 Å². The van der Waals surface area contributed by atoms with E-state index in [0.717, 1.165) is 12.8 Å². The topological polar surface area (TPSA) is 84.5 Å². The first-order chi connectivity index (χ1) is 13.9. The lowest BCUT2D eigenvalue weighted by Crippen LogP contribution is -2.17. The van der Waals surface area contributed by atoms with Crippen LogP contribution in [0.15, 0.2) is 24.3 Å². The Morgan fingerprint density at radius 1 is 0.679 bits per heavy atom. The van der Waals surface area contributed by atoms with Gasteiger partial charge in [0.2, 0.25) is 0 Å². The van der Waals surface area contributed by atoms with Gasteiger partial charge in [0.1, 0.15) is 18.6 Å². The molecule has 1 N–H and O–H groups in total. The molecule has 1 aromatic rings. The van der Waals surface area contributed by atoms with Crippen LogP contribution in [-0.2, 0) is 23.7 Å². The first-order valence-electron chi connectivity index (χ1n) is 9.58. The average molecular weight is 399 g/mol. The molecule has 0 atom stereocenters. The van der Waals surface area contributed by atoms with Gasteiger partial charge in [0.15, 0.2) is 0 Å². The lowest BCUT2D eigenvalue weighted by molar-refractivity contribution is -0.0124. The number of rotatable bonds is 20. The third-order valence-corrected chi connectivity index (χ3v) is 3.50. The Hall–Kier alpha value is -1.55. The molecule has 0 radical (unpaired) electrons. The van der Waals surface area contributed by atoms with E-state index in [-0.39, 0.29) is 0 Å². The van der Waals surface area contributed by atoms with E-state index in [1.165, 1.54) is 0 Å². The largest absolute Gasteiger partial charge is 0.491 e. The molecule has 0 aliphatic carbocycles. The number of hydrogen-bond donors (Lipinski definition) is 1. The Kier molecular flexibility index (Phi) is 16.4. The van der Waals surface area contributed by atoms with Crippen molar-refractivity contribution in [3.8, 4) is 5.75 Å². The summed E-state index contributed by atoms with van der Waals surface area (Å²) in [6.07, 6.45) is 0.801. The van der Waals surface area contributed by atoms with Crippen LogP contribution in [0.3, 0.4) is 0 Å². The fraction of sp³-hybridized carbons (Fsp3) is 0.650. The molecule has 160 valence electrons. The van der Waals surface area contributed by atoms with Gasteiger partial charge < -0.3 is 33.7 Å². The fourth-order valence-electron chi connectivity index (χ4n) is 2.02. The van der Waals surface area contributed by atoms with E-state index < -0.39 is 0 Å². The van der Waals surface area contributed by atoms with Crippen LogP contribution >= 0.6 is 0 Å². The summed E-state index contributed by atoms with van der Waals surface area (Å²) in [5, 5.41) is 3.01. The summed E-state index contributed by atoms with van der Waals surface area (Å²) in [4.78, 5) is 10.6. The Morgan fingerprint density at radius 3 is 1.54 bits per heavy atom. The number of carbonyl (C=O) groups excluding carboxylic acids is 1. The summed E-state index contributed by atoms with van der Waals surface area (Å²) >= 11 is 0. The molecule has 0 bridgehead atoms. The maximum Gasteiger partial charge on any atom is 0.150 e. The molecule has 0 saturated heterocycles. The van der Waals surface area contributed by atoms with Crippen LogP contribution in [-0.4, -0.2) is 92.6 Å². The minimum atomic E-state index is 0.448. The van der Waals surface area contributed by atoms with Crippen molar-refractivity contribution in [2.45, 2.75) is 0 Å². The van der Waals surface area contributed by atoms with Crippen LogP contribution in [0.4, 0.5) is 0 Å². The summed E-state index contributed by atoms with van der Waals surface area (Å²) < 4.78 is 32.5. The zero-order chi connectivity index (χ0) is 20.1. The monoisotopic (exact) mass is 399 g/mol. The van der Waals surface area contributed by atoms with Crippen LogP contribution in [0.25, 0.3) is 0 Å². The molecule has 0 heterocycles. The van der Waals surface area contributed by atoms with E-state index >= 15 is 0 Å². The molecule has 0 spiro atoms. The highest BCUT2D eigenvalue weighted by Crippen LogP contribution is 2.10. The van der Waals surface area contributed by atoms with Crippen LogP contribution in [0.2, 0.25) is 0 Å². The molecule has 0 saturated carbocycles. The van der Waals surface area contributed by atoms with Gasteiger partial charge in [0.05, 0.1) is 66.1 Å². The van der Waals surface area contributed by atoms with Crippen LogP contribution in [0.1, 0.15) is 10.4 Å². The number of carbonyl (C=O) groups is 1. The zero-order valence-electron chi connectivity index (χ0n) is 16.7. The van der Waals surface area contributed by atoms with E-state index in [1.807, 2.05) is 7.05 Å². The summed E-state index contributed by atoms with van der Waals surface area (Å²) in [6.45, 7) is 6.81. The maximum atomic E-state index is 10.6. The number of benzene rings is 1. The third-order valence-electron chi connectivity index (χ3n) is 3.50. The molecule has 0 unspecified atom stereocenters. The molecule has 1 rings (SSSR count). The van der Waals surface area contributed by atoms with Gasteiger partial charge >= 0.3 is 0 Å². The van der Waals surface area contributed by atoms with E-state index in [2.05, 4.69) is 5.32 Å². The quantitative estimate of drug-likeness (QED) is 0.258. The summed E-state index contributed by atoms with van der Waals surface area (Å²) in [6, 6.07) is 6.95. The van der Waals surface area contributed by atoms with Gasteiger partial charge in [-0.25, -0.2) is 0 Å². The first kappa shape index (κ1) is 24.5. The van der Waals surface area contributed by atoms with Gasteiger partial charge in [-0.1, -0.05) is 0 Å². The Balaban J connectivity index is 1.74. The molecule has 0 amide bonds. The predicted molar refractivity (Wildman–Crippen MR) is 105 cm³/mol. The smallest absolute Gasteiger partial charge is 0.150 e. The lowest BCUT2D eigenvalue weighted by Gasteiger charge is -2.08. The zero-order valence-corrected chi connectivity index (χ0v) is 16.7. The third kappa shape index (κ3) is 14.5. The van der Waals surface area contributed by atoms with E-state index in [4.69, 9.17) is 28.4 Å². The molecule has 28 heavy (non-hydrogen) atoms. The number of nitrogens with one attached hydrogen (secondary N) is 1. The van der Waals surface area contributed by atoms with Crippen molar-refractivity contribution < 1.29 is 33.2 Å². The minimum absolute atomic E-state index is 0.448. The number of hydrogen-bond acceptors (Lipinski definition) is 8. The van der Waals surface area contributed by atoms with Crippen LogP contribution in [0, 0.1) is 0 Å².